The van der Waals surface area contributed by atoms with Crippen LogP contribution in [0.3, 0.4) is 0 Å². The van der Waals surface area contributed by atoms with Crippen molar-refractivity contribution in [3.63, 3.8) is 0 Å². The van der Waals surface area contributed by atoms with Gasteiger partial charge in [0.05, 0.1) is 22.5 Å². The molecule has 3 N–H and O–H groups in total. The third-order valence-corrected chi connectivity index (χ3v) is 6.06. The van der Waals surface area contributed by atoms with Crippen LogP contribution in [0, 0.1) is 11.8 Å². The Bertz CT molecular complexity index is 1020. The Morgan fingerprint density at radius 1 is 1.24 bits per heavy atom. The molecular formula is C21H22N4O3S. The van der Waals surface area contributed by atoms with E-state index in [9.17, 15) is 14.4 Å². The minimum atomic E-state index is -0.305. The Labute approximate surface area is 172 Å². The number of carbonyl (C=O) groups is 3. The fraction of sp³-hybridized carbons (Fsp3) is 0.333. The molecule has 0 radical (unpaired) electrons. The summed E-state index contributed by atoms with van der Waals surface area (Å²) in [6, 6.07) is 1.63. The predicted octanol–water partition coefficient (Wildman–Crippen LogP) is 3.83. The molecule has 1 unspecified atom stereocenters. The third-order valence-electron chi connectivity index (χ3n) is 5.12. The van der Waals surface area contributed by atoms with Crippen LogP contribution in [0.4, 0.5) is 17.2 Å². The molecule has 2 amide bonds. The first-order chi connectivity index (χ1) is 14.0. The Kier molecular flexibility index (Phi) is 5.19. The number of thiophene rings is 1. The Hall–Kier alpha value is -3.00. The standard InChI is InChI=1S/C21H22N4O3S/c1-11-4-3-5-16-18(19(11)26)15(10-29-16)24-14-8-17(25-20(27)12-6-7-12)23-9-13(14)21(28)22-2/h3,5,8-12H,4,6-7H2,1-2H3,(H,22,28)(H2,23,24,25,27). The summed E-state index contributed by atoms with van der Waals surface area (Å²) in [5, 5.41) is 10.5. The average molecular weight is 410 g/mol. The lowest BCUT2D eigenvalue weighted by Crippen LogP contribution is -2.21. The van der Waals surface area contributed by atoms with Gasteiger partial charge in [-0.1, -0.05) is 13.0 Å². The van der Waals surface area contributed by atoms with Gasteiger partial charge in [0.1, 0.15) is 5.82 Å². The highest BCUT2D eigenvalue weighted by Crippen LogP contribution is 2.36. The van der Waals surface area contributed by atoms with Crippen molar-refractivity contribution in [3.8, 4) is 0 Å². The van der Waals surface area contributed by atoms with E-state index in [1.165, 1.54) is 17.5 Å². The lowest BCUT2D eigenvalue weighted by atomic mass is 9.98. The number of amides is 2. The molecule has 4 rings (SSSR count). The summed E-state index contributed by atoms with van der Waals surface area (Å²) < 4.78 is 0. The van der Waals surface area contributed by atoms with Gasteiger partial charge in [0, 0.05) is 41.4 Å². The zero-order valence-electron chi connectivity index (χ0n) is 16.2. The van der Waals surface area contributed by atoms with E-state index in [0.717, 1.165) is 17.7 Å². The van der Waals surface area contributed by atoms with E-state index in [1.807, 2.05) is 24.5 Å². The second kappa shape index (κ2) is 7.79. The number of nitrogens with zero attached hydrogens (tertiary/aromatic N) is 1. The first kappa shape index (κ1) is 19.3. The van der Waals surface area contributed by atoms with Crippen molar-refractivity contribution in [2.45, 2.75) is 26.2 Å². The van der Waals surface area contributed by atoms with Crippen LogP contribution in [-0.2, 0) is 4.79 Å². The van der Waals surface area contributed by atoms with E-state index < -0.39 is 0 Å². The molecule has 0 saturated heterocycles. The summed E-state index contributed by atoms with van der Waals surface area (Å²) in [4.78, 5) is 42.4. The predicted molar refractivity (Wildman–Crippen MR) is 114 cm³/mol. The second-order valence-electron chi connectivity index (χ2n) is 7.37. The first-order valence-electron chi connectivity index (χ1n) is 9.60. The van der Waals surface area contributed by atoms with Gasteiger partial charge in [-0.15, -0.1) is 11.3 Å². The molecule has 2 aromatic heterocycles. The maximum atomic E-state index is 12.9. The summed E-state index contributed by atoms with van der Waals surface area (Å²) in [5.74, 6) is 0.0254. The van der Waals surface area contributed by atoms with Crippen molar-refractivity contribution >= 4 is 52.2 Å². The number of hydrogen-bond acceptors (Lipinski definition) is 6. The number of ketones is 1. The van der Waals surface area contributed by atoms with Crippen molar-refractivity contribution in [2.24, 2.45) is 11.8 Å². The summed E-state index contributed by atoms with van der Waals surface area (Å²) in [5.41, 5.74) is 2.12. The number of nitrogens with one attached hydrogen (secondary N) is 3. The zero-order chi connectivity index (χ0) is 20.5. The molecule has 0 aromatic carbocycles. The molecule has 1 fully saturated rings. The molecular weight excluding hydrogens is 388 g/mol. The molecule has 2 aliphatic rings. The van der Waals surface area contributed by atoms with E-state index in [-0.39, 0.29) is 29.4 Å². The van der Waals surface area contributed by atoms with E-state index >= 15 is 0 Å². The number of Topliss-reactive ketones (excluding diaryl/α,β-unsaturated/α-hetero) is 1. The van der Waals surface area contributed by atoms with Crippen LogP contribution in [-0.4, -0.2) is 29.6 Å². The van der Waals surface area contributed by atoms with Crippen molar-refractivity contribution < 1.29 is 14.4 Å². The van der Waals surface area contributed by atoms with Gasteiger partial charge in [-0.25, -0.2) is 4.98 Å². The van der Waals surface area contributed by atoms with Crippen LogP contribution >= 0.6 is 11.3 Å². The highest BCUT2D eigenvalue weighted by Gasteiger charge is 2.30. The van der Waals surface area contributed by atoms with Crippen molar-refractivity contribution in [2.75, 3.05) is 17.7 Å². The van der Waals surface area contributed by atoms with Gasteiger partial charge in [-0.05, 0) is 25.3 Å². The number of allylic oxidation sites excluding steroid dienone is 1. The monoisotopic (exact) mass is 410 g/mol. The van der Waals surface area contributed by atoms with Crippen molar-refractivity contribution in [3.05, 3.63) is 39.7 Å². The Balaban J connectivity index is 1.69. The Morgan fingerprint density at radius 2 is 2.03 bits per heavy atom. The minimum absolute atomic E-state index is 0.0466. The van der Waals surface area contributed by atoms with E-state index in [0.29, 0.717) is 34.7 Å². The second-order valence-corrected chi connectivity index (χ2v) is 8.29. The molecule has 150 valence electrons. The molecule has 29 heavy (non-hydrogen) atoms. The van der Waals surface area contributed by atoms with Gasteiger partial charge in [-0.3, -0.25) is 14.4 Å². The highest BCUT2D eigenvalue weighted by atomic mass is 32.1. The molecule has 0 bridgehead atoms. The van der Waals surface area contributed by atoms with Gasteiger partial charge in [0.15, 0.2) is 5.78 Å². The number of anilines is 3. The van der Waals surface area contributed by atoms with Crippen LogP contribution in [0.1, 0.15) is 51.8 Å². The summed E-state index contributed by atoms with van der Waals surface area (Å²) in [6.45, 7) is 1.91. The molecule has 2 heterocycles. The van der Waals surface area contributed by atoms with Crippen molar-refractivity contribution in [1.82, 2.24) is 10.3 Å². The molecule has 0 aliphatic heterocycles. The molecule has 7 nitrogen and oxygen atoms in total. The minimum Gasteiger partial charge on any atom is -0.355 e. The molecule has 2 aliphatic carbocycles. The summed E-state index contributed by atoms with van der Waals surface area (Å²) in [7, 11) is 1.54. The van der Waals surface area contributed by atoms with Gasteiger partial charge >= 0.3 is 0 Å². The maximum Gasteiger partial charge on any atom is 0.254 e. The lowest BCUT2D eigenvalue weighted by Gasteiger charge is -2.14. The number of hydrogen-bond donors (Lipinski definition) is 3. The summed E-state index contributed by atoms with van der Waals surface area (Å²) in [6.07, 6.45) is 7.90. The number of aromatic nitrogens is 1. The molecule has 1 atom stereocenters. The SMILES string of the molecule is CNC(=O)c1cnc(NC(=O)C2CC2)cc1Nc1csc2c1C(=O)C(C)CC=C2. The number of fused-ring (bicyclic) bond motifs is 1. The van der Waals surface area contributed by atoms with Crippen molar-refractivity contribution in [1.29, 1.82) is 0 Å². The summed E-state index contributed by atoms with van der Waals surface area (Å²) >= 11 is 1.48. The van der Waals surface area contributed by atoms with Crippen LogP contribution < -0.4 is 16.0 Å². The smallest absolute Gasteiger partial charge is 0.254 e. The molecule has 8 heteroatoms. The quantitative estimate of drug-likeness (QED) is 0.696. The lowest BCUT2D eigenvalue weighted by molar-refractivity contribution is -0.117. The third kappa shape index (κ3) is 3.93. The van der Waals surface area contributed by atoms with Crippen LogP contribution in [0.5, 0.6) is 0 Å². The number of rotatable bonds is 5. The number of carbonyl (C=O) groups excluding carboxylic acids is 3. The fourth-order valence-corrected chi connectivity index (χ4v) is 4.16. The Morgan fingerprint density at radius 3 is 2.76 bits per heavy atom. The van der Waals surface area contributed by atoms with Crippen LogP contribution in [0.15, 0.2) is 23.7 Å². The molecule has 1 saturated carbocycles. The van der Waals surface area contributed by atoms with Crippen LogP contribution in [0.2, 0.25) is 0 Å². The normalized spacial score (nSPS) is 18.0. The highest BCUT2D eigenvalue weighted by molar-refractivity contribution is 7.11. The van der Waals surface area contributed by atoms with Crippen LogP contribution in [0.25, 0.3) is 6.08 Å². The molecule has 2 aromatic rings. The zero-order valence-corrected chi connectivity index (χ0v) is 17.1. The van der Waals surface area contributed by atoms with E-state index in [2.05, 4.69) is 20.9 Å². The largest absolute Gasteiger partial charge is 0.355 e. The number of pyridine rings is 1. The fourth-order valence-electron chi connectivity index (χ4n) is 3.24. The topological polar surface area (TPSA) is 100 Å². The maximum absolute atomic E-state index is 12.9. The van der Waals surface area contributed by atoms with Gasteiger partial charge in [0.25, 0.3) is 5.91 Å². The average Bonchev–Trinajstić information content (AvgIpc) is 3.51. The van der Waals surface area contributed by atoms with E-state index in [1.54, 1.807) is 13.1 Å². The van der Waals surface area contributed by atoms with E-state index in [4.69, 9.17) is 0 Å². The molecule has 0 spiro atoms. The van der Waals surface area contributed by atoms with Gasteiger partial charge in [0.2, 0.25) is 5.91 Å². The van der Waals surface area contributed by atoms with Gasteiger partial charge < -0.3 is 16.0 Å². The first-order valence-corrected chi connectivity index (χ1v) is 10.5. The van der Waals surface area contributed by atoms with Gasteiger partial charge in [-0.2, -0.15) is 0 Å².